The highest BCUT2D eigenvalue weighted by molar-refractivity contribution is 5.98. The Morgan fingerprint density at radius 2 is 1.62 bits per heavy atom. The number of nitrogens with zero attached hydrogens (tertiary/aromatic N) is 2. The number of esters is 1. The highest BCUT2D eigenvalue weighted by atomic mass is 16.5. The van der Waals surface area contributed by atoms with Crippen LogP contribution in [0.2, 0.25) is 0 Å². The number of aromatic nitrogens is 2. The summed E-state index contributed by atoms with van der Waals surface area (Å²) in [5.74, 6) is 0.544. The minimum atomic E-state index is -0.354. The van der Waals surface area contributed by atoms with Crippen LogP contribution in [0, 0.1) is 6.92 Å². The van der Waals surface area contributed by atoms with Crippen molar-refractivity contribution in [3.63, 3.8) is 0 Å². The van der Waals surface area contributed by atoms with Crippen molar-refractivity contribution in [2.45, 2.75) is 39.8 Å². The normalized spacial score (nSPS) is 11.0. The molecule has 4 aromatic carbocycles. The molecular formula is C34H33N3O3. The van der Waals surface area contributed by atoms with Crippen LogP contribution in [-0.4, -0.2) is 28.5 Å². The van der Waals surface area contributed by atoms with Crippen molar-refractivity contribution in [2.75, 3.05) is 7.11 Å². The molecule has 1 aromatic heterocycles. The lowest BCUT2D eigenvalue weighted by Crippen LogP contribution is -2.23. The number of ether oxygens (including phenoxy) is 1. The van der Waals surface area contributed by atoms with Gasteiger partial charge in [0, 0.05) is 25.1 Å². The molecule has 1 amide bonds. The summed E-state index contributed by atoms with van der Waals surface area (Å²) in [7, 11) is 1.39. The van der Waals surface area contributed by atoms with Gasteiger partial charge in [0.15, 0.2) is 0 Å². The smallest absolute Gasteiger partial charge is 0.338 e. The molecule has 0 saturated heterocycles. The molecule has 0 aliphatic rings. The van der Waals surface area contributed by atoms with Crippen LogP contribution in [0.4, 0.5) is 0 Å². The molecule has 0 aliphatic carbocycles. The maximum atomic E-state index is 13.1. The molecule has 6 nitrogen and oxygen atoms in total. The highest BCUT2D eigenvalue weighted by Gasteiger charge is 2.17. The van der Waals surface area contributed by atoms with E-state index in [0.717, 1.165) is 57.5 Å². The topological polar surface area (TPSA) is 73.2 Å². The molecule has 0 fully saturated rings. The summed E-state index contributed by atoms with van der Waals surface area (Å²) in [6, 6.07) is 29.5. The van der Waals surface area contributed by atoms with E-state index in [9.17, 15) is 9.59 Å². The molecule has 5 aromatic rings. The first-order valence-corrected chi connectivity index (χ1v) is 13.6. The quantitative estimate of drug-likeness (QED) is 0.214. The lowest BCUT2D eigenvalue weighted by atomic mass is 9.98. The zero-order valence-corrected chi connectivity index (χ0v) is 23.1. The van der Waals surface area contributed by atoms with E-state index >= 15 is 0 Å². The van der Waals surface area contributed by atoms with Crippen molar-refractivity contribution in [2.24, 2.45) is 0 Å². The molecule has 1 heterocycles. The SMILES string of the molecule is CCCc1nc2c(C)cc(C(=O)NCc3ccccc3)cc2n1Cc1ccc(-c2ccccc2C(=O)OC)cc1. The number of carbonyl (C=O) groups is 2. The third kappa shape index (κ3) is 5.66. The monoisotopic (exact) mass is 531 g/mol. The van der Waals surface area contributed by atoms with Crippen LogP contribution in [0.15, 0.2) is 91.0 Å². The van der Waals surface area contributed by atoms with E-state index < -0.39 is 0 Å². The summed E-state index contributed by atoms with van der Waals surface area (Å²) in [6.07, 6.45) is 1.81. The van der Waals surface area contributed by atoms with E-state index in [1.807, 2.05) is 79.7 Å². The lowest BCUT2D eigenvalue weighted by Gasteiger charge is -2.12. The van der Waals surface area contributed by atoms with Gasteiger partial charge in [0.05, 0.1) is 23.7 Å². The van der Waals surface area contributed by atoms with Crippen LogP contribution in [0.1, 0.15) is 56.6 Å². The fourth-order valence-corrected chi connectivity index (χ4v) is 5.04. The Kier molecular flexibility index (Phi) is 8.06. The van der Waals surface area contributed by atoms with Gasteiger partial charge >= 0.3 is 5.97 Å². The van der Waals surface area contributed by atoms with E-state index in [0.29, 0.717) is 24.2 Å². The molecule has 0 saturated carbocycles. The van der Waals surface area contributed by atoms with E-state index in [-0.39, 0.29) is 11.9 Å². The lowest BCUT2D eigenvalue weighted by molar-refractivity contribution is 0.0601. The zero-order valence-electron chi connectivity index (χ0n) is 23.1. The van der Waals surface area contributed by atoms with Gasteiger partial charge in [0.25, 0.3) is 5.91 Å². The molecule has 202 valence electrons. The number of imidazole rings is 1. The molecule has 40 heavy (non-hydrogen) atoms. The number of benzene rings is 4. The molecule has 0 radical (unpaired) electrons. The molecule has 0 unspecified atom stereocenters. The number of aryl methyl sites for hydroxylation is 2. The number of fused-ring (bicyclic) bond motifs is 1. The Labute approximate surface area is 234 Å². The summed E-state index contributed by atoms with van der Waals surface area (Å²) in [5, 5.41) is 3.05. The third-order valence-electron chi connectivity index (χ3n) is 7.09. The van der Waals surface area contributed by atoms with Crippen molar-refractivity contribution >= 4 is 22.9 Å². The largest absolute Gasteiger partial charge is 0.465 e. The van der Waals surface area contributed by atoms with Gasteiger partial charge in [0.2, 0.25) is 0 Å². The van der Waals surface area contributed by atoms with E-state index in [4.69, 9.17) is 9.72 Å². The fraction of sp³-hybridized carbons (Fsp3) is 0.206. The van der Waals surface area contributed by atoms with E-state index in [1.54, 1.807) is 6.07 Å². The van der Waals surface area contributed by atoms with Gasteiger partial charge < -0.3 is 14.6 Å². The number of carbonyl (C=O) groups excluding carboxylic acids is 2. The van der Waals surface area contributed by atoms with Gasteiger partial charge in [-0.3, -0.25) is 4.79 Å². The van der Waals surface area contributed by atoms with E-state index in [1.165, 1.54) is 7.11 Å². The Morgan fingerprint density at radius 3 is 2.35 bits per heavy atom. The van der Waals surface area contributed by atoms with Crippen molar-refractivity contribution in [3.8, 4) is 11.1 Å². The van der Waals surface area contributed by atoms with Gasteiger partial charge in [-0.15, -0.1) is 0 Å². The predicted octanol–water partition coefficient (Wildman–Crippen LogP) is 6.73. The van der Waals surface area contributed by atoms with Crippen molar-refractivity contribution in [1.82, 2.24) is 14.9 Å². The molecule has 0 bridgehead atoms. The van der Waals surface area contributed by atoms with E-state index in [2.05, 4.69) is 28.9 Å². The summed E-state index contributed by atoms with van der Waals surface area (Å²) in [5.41, 5.74) is 7.96. The second-order valence-corrected chi connectivity index (χ2v) is 9.93. The number of hydrogen-bond donors (Lipinski definition) is 1. The molecule has 6 heteroatoms. The third-order valence-corrected chi connectivity index (χ3v) is 7.09. The number of methoxy groups -OCH3 is 1. The Morgan fingerprint density at radius 1 is 0.900 bits per heavy atom. The van der Waals surface area contributed by atoms with Gasteiger partial charge in [-0.2, -0.15) is 0 Å². The number of hydrogen-bond acceptors (Lipinski definition) is 4. The standard InChI is InChI=1S/C34H33N3O3/c1-4-10-31-36-32-23(2)19-27(33(38)35-21-24-11-6-5-7-12-24)20-30(32)37(31)22-25-15-17-26(18-16-25)28-13-8-9-14-29(28)34(39)40-3/h5-9,11-20H,4,10,21-22H2,1-3H3,(H,35,38). The fourth-order valence-electron chi connectivity index (χ4n) is 5.04. The first kappa shape index (κ1) is 26.9. The van der Waals surface area contributed by atoms with Crippen molar-refractivity contribution < 1.29 is 14.3 Å². The Balaban J connectivity index is 1.45. The van der Waals surface area contributed by atoms with Crippen molar-refractivity contribution in [1.29, 1.82) is 0 Å². The van der Waals surface area contributed by atoms with Crippen LogP contribution in [-0.2, 0) is 24.2 Å². The van der Waals surface area contributed by atoms with Gasteiger partial charge in [0.1, 0.15) is 5.82 Å². The highest BCUT2D eigenvalue weighted by Crippen LogP contribution is 2.27. The Hall–Kier alpha value is -4.71. The van der Waals surface area contributed by atoms with Gasteiger partial charge in [-0.1, -0.05) is 79.7 Å². The molecule has 1 N–H and O–H groups in total. The number of nitrogens with one attached hydrogen (secondary N) is 1. The first-order chi connectivity index (χ1) is 19.5. The minimum Gasteiger partial charge on any atom is -0.465 e. The van der Waals surface area contributed by atoms with Crippen LogP contribution < -0.4 is 5.32 Å². The first-order valence-electron chi connectivity index (χ1n) is 13.6. The average Bonchev–Trinajstić information content (AvgIpc) is 3.33. The maximum Gasteiger partial charge on any atom is 0.338 e. The molecule has 5 rings (SSSR count). The minimum absolute atomic E-state index is 0.104. The molecule has 0 atom stereocenters. The number of rotatable bonds is 9. The van der Waals surface area contributed by atoms with Crippen molar-refractivity contribution in [3.05, 3.63) is 125 Å². The molecule has 0 aliphatic heterocycles. The summed E-state index contributed by atoms with van der Waals surface area (Å²) < 4.78 is 7.18. The zero-order chi connectivity index (χ0) is 28.1. The Bertz CT molecular complexity index is 1650. The molecular weight excluding hydrogens is 498 g/mol. The summed E-state index contributed by atoms with van der Waals surface area (Å²) in [4.78, 5) is 30.4. The maximum absolute atomic E-state index is 13.1. The van der Waals surface area contributed by atoms with Crippen LogP contribution >= 0.6 is 0 Å². The van der Waals surface area contributed by atoms with Crippen LogP contribution in [0.3, 0.4) is 0 Å². The molecule has 0 spiro atoms. The van der Waals surface area contributed by atoms with Crippen LogP contribution in [0.25, 0.3) is 22.2 Å². The second-order valence-electron chi connectivity index (χ2n) is 9.93. The van der Waals surface area contributed by atoms with Crippen LogP contribution in [0.5, 0.6) is 0 Å². The summed E-state index contributed by atoms with van der Waals surface area (Å²) >= 11 is 0. The second kappa shape index (κ2) is 12.0. The number of amides is 1. The van der Waals surface area contributed by atoms with Gasteiger partial charge in [-0.05, 0) is 59.4 Å². The van der Waals surface area contributed by atoms with Gasteiger partial charge in [-0.25, -0.2) is 9.78 Å². The summed E-state index contributed by atoms with van der Waals surface area (Å²) in [6.45, 7) is 5.26. The predicted molar refractivity (Wildman–Crippen MR) is 158 cm³/mol. The average molecular weight is 532 g/mol.